The Balaban J connectivity index is 0.00000124. The van der Waals surface area contributed by atoms with E-state index in [4.69, 9.17) is 18.9 Å². The van der Waals surface area contributed by atoms with Gasteiger partial charge in [0.15, 0.2) is 0 Å². The molecule has 0 N–H and O–H groups in total. The van der Waals surface area contributed by atoms with Crippen molar-refractivity contribution in [1.82, 2.24) is 0 Å². The molecule has 2 aromatic carbocycles. The minimum atomic E-state index is -0.944. The summed E-state index contributed by atoms with van der Waals surface area (Å²) in [6.45, 7) is 8.46. The summed E-state index contributed by atoms with van der Waals surface area (Å²) in [6.07, 6.45) is 27.2. The first kappa shape index (κ1) is 62.8. The summed E-state index contributed by atoms with van der Waals surface area (Å²) in [5.74, 6) is -2.32. The average molecular weight is 1030 g/mol. The Morgan fingerprint density at radius 3 is 1.00 bits per heavy atom. The molecule has 0 saturated heterocycles. The zero-order chi connectivity index (χ0) is 46.9. The fourth-order valence-corrected chi connectivity index (χ4v) is 8.02. The molecule has 0 aliphatic rings. The summed E-state index contributed by atoms with van der Waals surface area (Å²) in [6, 6.07) is 20.4. The van der Waals surface area contributed by atoms with Gasteiger partial charge < -0.3 is 38.7 Å². The molecule has 0 heterocycles. The maximum Gasteiger partial charge on any atom is 2.00 e. The summed E-state index contributed by atoms with van der Waals surface area (Å²) in [4.78, 5) is 43.9. The van der Waals surface area contributed by atoms with Crippen LogP contribution in [0.2, 0.25) is 0 Å². The number of carboxylic acid groups (broad SMARTS) is 2. The van der Waals surface area contributed by atoms with E-state index in [2.05, 4.69) is 38.1 Å². The Morgan fingerprint density at radius 1 is 0.431 bits per heavy atom. The van der Waals surface area contributed by atoms with Crippen LogP contribution in [0.5, 0.6) is 0 Å². The average Bonchev–Trinajstić information content (AvgIpc) is 3.26. The zero-order valence-corrected chi connectivity index (χ0v) is 45.5. The van der Waals surface area contributed by atoms with Gasteiger partial charge in [-0.15, -0.1) is 0 Å². The van der Waals surface area contributed by atoms with Gasteiger partial charge in [0.2, 0.25) is 0 Å². The van der Waals surface area contributed by atoms with E-state index in [1.165, 1.54) is 65.2 Å². The third-order valence-electron chi connectivity index (χ3n) is 11.4. The van der Waals surface area contributed by atoms with Crippen LogP contribution in [-0.2, 0) is 51.3 Å². The van der Waals surface area contributed by atoms with Crippen molar-refractivity contribution in [1.29, 1.82) is 0 Å². The fourth-order valence-electron chi connectivity index (χ4n) is 8.02. The number of carbonyl (C=O) groups excluding carboxylic acids is 4. The molecule has 10 nitrogen and oxygen atoms in total. The van der Waals surface area contributed by atoms with Crippen LogP contribution < -0.4 is 10.2 Å². The number of aliphatic carboxylic acids is 2. The van der Waals surface area contributed by atoms with Gasteiger partial charge >= 0.3 is 60.8 Å². The minimum Gasteiger partial charge on any atom is -0.550 e. The summed E-state index contributed by atoms with van der Waals surface area (Å²) in [5.41, 5.74) is 2.33. The van der Waals surface area contributed by atoms with Crippen molar-refractivity contribution in [3.8, 4) is 0 Å². The van der Waals surface area contributed by atoms with E-state index in [9.17, 15) is 29.4 Å². The number of esters is 2. The molecule has 4 unspecified atom stereocenters. The van der Waals surface area contributed by atoms with Crippen LogP contribution in [0.1, 0.15) is 219 Å². The van der Waals surface area contributed by atoms with Gasteiger partial charge in [0.25, 0.3) is 0 Å². The number of unbranched alkanes of at least 4 members (excludes halogenated alkanes) is 16. The Hall–Kier alpha value is -2.19. The topological polar surface area (TPSA) is 151 Å². The zero-order valence-electron chi connectivity index (χ0n) is 41.1. The van der Waals surface area contributed by atoms with E-state index in [-0.39, 0.29) is 98.1 Å². The van der Waals surface area contributed by atoms with Gasteiger partial charge in [-0.1, -0.05) is 177 Å². The Kier molecular flexibility index (Phi) is 42.8. The number of carboxylic acids is 2. The monoisotopic (exact) mass is 1030 g/mol. The van der Waals surface area contributed by atoms with E-state index < -0.39 is 11.9 Å². The smallest absolute Gasteiger partial charge is 0.550 e. The number of hydrogen-bond acceptors (Lipinski definition) is 10. The van der Waals surface area contributed by atoms with Gasteiger partial charge in [0.1, 0.15) is 12.2 Å². The second-order valence-corrected chi connectivity index (χ2v) is 17.5. The van der Waals surface area contributed by atoms with Crippen LogP contribution in [0.15, 0.2) is 60.7 Å². The van der Waals surface area contributed by atoms with Gasteiger partial charge in [-0.3, -0.25) is 9.59 Å². The van der Waals surface area contributed by atoms with Gasteiger partial charge in [0.05, 0.1) is 25.4 Å². The molecule has 0 aliphatic carbocycles. The third-order valence-corrected chi connectivity index (χ3v) is 11.4. The van der Waals surface area contributed by atoms with Gasteiger partial charge in [-0.2, -0.15) is 0 Å². The molecule has 364 valence electrons. The molecular weight excluding hydrogens is 946 g/mol. The van der Waals surface area contributed by atoms with E-state index in [1.54, 1.807) is 0 Å². The Bertz CT molecular complexity index is 1320. The normalized spacial score (nSPS) is 12.7. The molecule has 2 aromatic rings. The second kappa shape index (κ2) is 44.3. The second-order valence-electron chi connectivity index (χ2n) is 17.5. The van der Waals surface area contributed by atoms with Crippen LogP contribution in [0.3, 0.4) is 0 Å². The predicted octanol–water partition coefficient (Wildman–Crippen LogP) is 11.1. The maximum absolute atomic E-state index is 11.6. The number of hydrogen-bond donors (Lipinski definition) is 0. The van der Waals surface area contributed by atoms with Crippen molar-refractivity contribution in [2.45, 2.75) is 245 Å². The molecule has 65 heavy (non-hydrogen) atoms. The molecule has 0 bridgehead atoms. The molecule has 11 heteroatoms. The summed E-state index contributed by atoms with van der Waals surface area (Å²) in [7, 11) is 0. The van der Waals surface area contributed by atoms with Crippen molar-refractivity contribution in [2.24, 2.45) is 0 Å². The number of ether oxygens (including phenoxy) is 4. The first-order valence-electron chi connectivity index (χ1n) is 25.1. The molecule has 0 aromatic heterocycles. The van der Waals surface area contributed by atoms with Gasteiger partial charge in [-0.25, -0.2) is 0 Å². The molecule has 0 saturated carbocycles. The fraction of sp³-hybridized carbons (Fsp3) is 0.704. The molecule has 0 spiro atoms. The van der Waals surface area contributed by atoms with Crippen molar-refractivity contribution in [2.75, 3.05) is 0 Å². The van der Waals surface area contributed by atoms with Crippen molar-refractivity contribution in [3.63, 3.8) is 0 Å². The van der Waals surface area contributed by atoms with E-state index in [0.717, 1.165) is 127 Å². The van der Waals surface area contributed by atoms with E-state index >= 15 is 0 Å². The summed E-state index contributed by atoms with van der Waals surface area (Å²) < 4.78 is 23.6. The minimum absolute atomic E-state index is 0. The third kappa shape index (κ3) is 40.6. The SMILES string of the molecule is CCCC(CC(CCCCCCCCCCCC(=O)[O-])OC(C)=O)OCc1ccccc1.CCCC(CC(CCCCCCCCCCCC(=O)[O-])OC(C)=O)OCc1ccccc1.[Ba+2]. The largest absolute Gasteiger partial charge is 2.00 e. The molecule has 4 atom stereocenters. The number of benzene rings is 2. The quantitative estimate of drug-likeness (QED) is 0.0358. The Labute approximate surface area is 434 Å². The maximum atomic E-state index is 11.6. The number of rotatable bonds is 40. The molecule has 2 rings (SSSR count). The summed E-state index contributed by atoms with van der Waals surface area (Å²) >= 11 is 0. The molecular formula is C54H86BaO10. The molecule has 0 radical (unpaired) electrons. The van der Waals surface area contributed by atoms with Crippen LogP contribution in [-0.4, -0.2) is 97.2 Å². The van der Waals surface area contributed by atoms with Crippen LogP contribution >= 0.6 is 0 Å². The van der Waals surface area contributed by atoms with Crippen molar-refractivity contribution in [3.05, 3.63) is 71.8 Å². The van der Waals surface area contributed by atoms with Crippen LogP contribution in [0.4, 0.5) is 0 Å². The molecule has 0 amide bonds. The first-order valence-corrected chi connectivity index (χ1v) is 25.1. The predicted molar refractivity (Wildman–Crippen MR) is 258 cm³/mol. The van der Waals surface area contributed by atoms with Gasteiger partial charge in [0, 0.05) is 38.6 Å². The molecule has 0 fully saturated rings. The standard InChI is InChI=1S/2C27H44O5.Ba/c2*1-3-16-25(31-22-24-17-12-11-13-18-24)21-26(32-23(2)28)19-14-9-7-5-4-6-8-10-15-20-27(29)30;/h2*11-13,17-18,25-26H,3-10,14-16,19-22H2,1-2H3,(H,29,30);/q;;+2/p-2. The van der Waals surface area contributed by atoms with E-state index in [0.29, 0.717) is 13.2 Å². The Morgan fingerprint density at radius 2 is 0.723 bits per heavy atom. The number of carbonyl (C=O) groups is 4. The molecule has 0 aliphatic heterocycles. The van der Waals surface area contributed by atoms with E-state index in [1.807, 2.05) is 36.4 Å². The summed E-state index contributed by atoms with van der Waals surface area (Å²) in [5, 5.41) is 20.8. The first-order chi connectivity index (χ1) is 31.0. The van der Waals surface area contributed by atoms with Crippen LogP contribution in [0.25, 0.3) is 0 Å². The van der Waals surface area contributed by atoms with Crippen molar-refractivity contribution < 1.29 is 48.3 Å². The van der Waals surface area contributed by atoms with Crippen LogP contribution in [0, 0.1) is 0 Å². The van der Waals surface area contributed by atoms with Gasteiger partial charge in [-0.05, 0) is 75.3 Å². The van der Waals surface area contributed by atoms with Crippen molar-refractivity contribution >= 4 is 72.8 Å².